The van der Waals surface area contributed by atoms with Crippen LogP contribution in [0.4, 0.5) is 11.4 Å². The molecule has 3 aromatic carbocycles. The van der Waals surface area contributed by atoms with Crippen molar-refractivity contribution in [2.24, 2.45) is 0 Å². The monoisotopic (exact) mass is 366 g/mol. The summed E-state index contributed by atoms with van der Waals surface area (Å²) in [6.07, 6.45) is 0. The van der Waals surface area contributed by atoms with Gasteiger partial charge in [-0.15, -0.1) is 0 Å². The van der Waals surface area contributed by atoms with Crippen molar-refractivity contribution < 1.29 is 9.90 Å². The summed E-state index contributed by atoms with van der Waals surface area (Å²) in [5, 5.41) is 16.3. The molecule has 0 bridgehead atoms. The summed E-state index contributed by atoms with van der Waals surface area (Å²) in [4.78, 5) is 12.6. The number of phenols is 1. The van der Waals surface area contributed by atoms with Gasteiger partial charge in [0.25, 0.3) is 5.91 Å². The lowest BCUT2D eigenvalue weighted by atomic mass is 10.1. The highest BCUT2D eigenvalue weighted by Gasteiger charge is 2.12. The second-order valence-electron chi connectivity index (χ2n) is 5.94. The maximum absolute atomic E-state index is 12.6. The zero-order chi connectivity index (χ0) is 18.5. The minimum absolute atomic E-state index is 0.176. The van der Waals surface area contributed by atoms with Crippen LogP contribution in [-0.4, -0.2) is 11.0 Å². The molecule has 0 heterocycles. The first kappa shape index (κ1) is 17.8. The molecule has 0 aromatic heterocycles. The van der Waals surface area contributed by atoms with Crippen molar-refractivity contribution in [2.75, 3.05) is 5.32 Å². The van der Waals surface area contributed by atoms with Gasteiger partial charge in [-0.25, -0.2) is 0 Å². The number of amides is 1. The predicted molar refractivity (Wildman–Crippen MR) is 105 cm³/mol. The number of carbonyl (C=O) groups is 1. The van der Waals surface area contributed by atoms with Crippen molar-refractivity contribution in [3.63, 3.8) is 0 Å². The van der Waals surface area contributed by atoms with Gasteiger partial charge in [0.15, 0.2) is 0 Å². The summed E-state index contributed by atoms with van der Waals surface area (Å²) in [5.41, 5.74) is 3.84. The van der Waals surface area contributed by atoms with E-state index in [1.54, 1.807) is 24.3 Å². The summed E-state index contributed by atoms with van der Waals surface area (Å²) in [7, 11) is 0. The number of aromatic hydroxyl groups is 1. The third kappa shape index (κ3) is 4.16. The van der Waals surface area contributed by atoms with Crippen LogP contribution < -0.4 is 10.6 Å². The van der Waals surface area contributed by atoms with E-state index in [1.165, 1.54) is 0 Å². The van der Waals surface area contributed by atoms with Gasteiger partial charge in [0.2, 0.25) is 0 Å². The Kier molecular flexibility index (Phi) is 5.44. The maximum Gasteiger partial charge on any atom is 0.253 e. The topological polar surface area (TPSA) is 61.4 Å². The average molecular weight is 367 g/mol. The molecule has 4 nitrogen and oxygen atoms in total. The Bertz CT molecular complexity index is 941. The zero-order valence-corrected chi connectivity index (χ0v) is 15.0. The van der Waals surface area contributed by atoms with Gasteiger partial charge >= 0.3 is 0 Å². The van der Waals surface area contributed by atoms with Crippen LogP contribution in [0, 0.1) is 6.92 Å². The maximum atomic E-state index is 12.6. The standard InChI is InChI=1S/C21H19ClN2O2/c1-14-18(22)9-5-11-19(14)24-20-10-3-2-8-17(20)21(26)23-13-15-6-4-7-16(25)12-15/h2-12,24-25H,13H2,1H3,(H,23,26). The van der Waals surface area contributed by atoms with Crippen LogP contribution in [-0.2, 0) is 6.54 Å². The van der Waals surface area contributed by atoms with Gasteiger partial charge in [-0.3, -0.25) is 4.79 Å². The molecule has 0 fully saturated rings. The minimum atomic E-state index is -0.198. The van der Waals surface area contributed by atoms with Crippen molar-refractivity contribution in [1.29, 1.82) is 0 Å². The van der Waals surface area contributed by atoms with Gasteiger partial charge in [-0.1, -0.05) is 41.9 Å². The number of rotatable bonds is 5. The van der Waals surface area contributed by atoms with Crippen LogP contribution in [0.1, 0.15) is 21.5 Å². The number of para-hydroxylation sites is 1. The van der Waals surface area contributed by atoms with E-state index >= 15 is 0 Å². The van der Waals surface area contributed by atoms with Crippen LogP contribution in [0.15, 0.2) is 66.7 Å². The fourth-order valence-corrected chi connectivity index (χ4v) is 2.80. The second kappa shape index (κ2) is 7.93. The molecule has 0 saturated carbocycles. The van der Waals surface area contributed by atoms with Crippen LogP contribution in [0.3, 0.4) is 0 Å². The van der Waals surface area contributed by atoms with Crippen molar-refractivity contribution >= 4 is 28.9 Å². The van der Waals surface area contributed by atoms with Crippen molar-refractivity contribution in [2.45, 2.75) is 13.5 Å². The number of hydrogen-bond donors (Lipinski definition) is 3. The summed E-state index contributed by atoms with van der Waals surface area (Å²) < 4.78 is 0. The fraction of sp³-hybridized carbons (Fsp3) is 0.0952. The van der Waals surface area contributed by atoms with E-state index in [0.717, 1.165) is 16.8 Å². The van der Waals surface area contributed by atoms with Crippen LogP contribution >= 0.6 is 11.6 Å². The van der Waals surface area contributed by atoms with E-state index in [-0.39, 0.29) is 11.7 Å². The van der Waals surface area contributed by atoms with Gasteiger partial charge in [0.1, 0.15) is 5.75 Å². The van der Waals surface area contributed by atoms with E-state index in [1.807, 2.05) is 49.4 Å². The molecule has 132 valence electrons. The molecule has 0 unspecified atom stereocenters. The Morgan fingerprint density at radius 3 is 2.54 bits per heavy atom. The average Bonchev–Trinajstić information content (AvgIpc) is 2.64. The highest BCUT2D eigenvalue weighted by molar-refractivity contribution is 6.31. The molecule has 3 N–H and O–H groups in total. The number of hydrogen-bond acceptors (Lipinski definition) is 3. The molecule has 0 aliphatic carbocycles. The Morgan fingerprint density at radius 1 is 1.00 bits per heavy atom. The molecule has 0 spiro atoms. The summed E-state index contributed by atoms with van der Waals surface area (Å²) >= 11 is 6.17. The normalized spacial score (nSPS) is 10.4. The molecule has 1 amide bonds. The first-order valence-corrected chi connectivity index (χ1v) is 8.59. The number of phenolic OH excluding ortho intramolecular Hbond substituents is 1. The van der Waals surface area contributed by atoms with E-state index in [0.29, 0.717) is 22.8 Å². The highest BCUT2D eigenvalue weighted by atomic mass is 35.5. The third-order valence-corrected chi connectivity index (χ3v) is 4.48. The fourth-order valence-electron chi connectivity index (χ4n) is 2.62. The number of halogens is 1. The first-order valence-electron chi connectivity index (χ1n) is 8.22. The molecular weight excluding hydrogens is 348 g/mol. The van der Waals surface area contributed by atoms with Crippen LogP contribution in [0.25, 0.3) is 0 Å². The van der Waals surface area contributed by atoms with Gasteiger partial charge in [-0.05, 0) is 54.4 Å². The summed E-state index contributed by atoms with van der Waals surface area (Å²) in [6, 6.07) is 19.7. The lowest BCUT2D eigenvalue weighted by Gasteiger charge is -2.14. The third-order valence-electron chi connectivity index (χ3n) is 4.07. The lowest BCUT2D eigenvalue weighted by Crippen LogP contribution is -2.23. The van der Waals surface area contributed by atoms with Crippen molar-refractivity contribution in [1.82, 2.24) is 5.32 Å². The van der Waals surface area contributed by atoms with Gasteiger partial charge < -0.3 is 15.7 Å². The number of benzene rings is 3. The summed E-state index contributed by atoms with van der Waals surface area (Å²) in [5.74, 6) is -0.0219. The Morgan fingerprint density at radius 2 is 1.73 bits per heavy atom. The SMILES string of the molecule is Cc1c(Cl)cccc1Nc1ccccc1C(=O)NCc1cccc(O)c1. The molecule has 0 aliphatic rings. The van der Waals surface area contributed by atoms with E-state index < -0.39 is 0 Å². The number of anilines is 2. The summed E-state index contributed by atoms with van der Waals surface area (Å²) in [6.45, 7) is 2.26. The lowest BCUT2D eigenvalue weighted by molar-refractivity contribution is 0.0951. The predicted octanol–water partition coefficient (Wildman–Crippen LogP) is 5.03. The molecule has 3 rings (SSSR count). The molecule has 0 radical (unpaired) electrons. The Hall–Kier alpha value is -2.98. The van der Waals surface area contributed by atoms with Crippen LogP contribution in [0.2, 0.25) is 5.02 Å². The van der Waals surface area contributed by atoms with Gasteiger partial charge in [-0.2, -0.15) is 0 Å². The Labute approximate surface area is 157 Å². The molecule has 0 aliphatic heterocycles. The molecule has 0 saturated heterocycles. The minimum Gasteiger partial charge on any atom is -0.508 e. The highest BCUT2D eigenvalue weighted by Crippen LogP contribution is 2.27. The number of nitrogens with one attached hydrogen (secondary N) is 2. The Balaban J connectivity index is 1.78. The van der Waals surface area contributed by atoms with Gasteiger partial charge in [0.05, 0.1) is 11.3 Å². The van der Waals surface area contributed by atoms with Crippen molar-refractivity contribution in [3.8, 4) is 5.75 Å². The zero-order valence-electron chi connectivity index (χ0n) is 14.3. The molecule has 3 aromatic rings. The smallest absolute Gasteiger partial charge is 0.253 e. The van der Waals surface area contributed by atoms with Gasteiger partial charge in [0, 0.05) is 17.3 Å². The molecule has 5 heteroatoms. The van der Waals surface area contributed by atoms with E-state index in [2.05, 4.69) is 10.6 Å². The number of carbonyl (C=O) groups excluding carboxylic acids is 1. The van der Waals surface area contributed by atoms with E-state index in [4.69, 9.17) is 11.6 Å². The molecule has 0 atom stereocenters. The van der Waals surface area contributed by atoms with Crippen LogP contribution in [0.5, 0.6) is 5.75 Å². The molecule has 26 heavy (non-hydrogen) atoms. The first-order chi connectivity index (χ1) is 12.5. The second-order valence-corrected chi connectivity index (χ2v) is 6.34. The largest absolute Gasteiger partial charge is 0.508 e. The molecular formula is C21H19ClN2O2. The van der Waals surface area contributed by atoms with Crippen molar-refractivity contribution in [3.05, 3.63) is 88.4 Å². The quantitative estimate of drug-likeness (QED) is 0.593. The van der Waals surface area contributed by atoms with E-state index in [9.17, 15) is 9.90 Å².